The van der Waals surface area contributed by atoms with Crippen LogP contribution in [0.5, 0.6) is 0 Å². The van der Waals surface area contributed by atoms with E-state index in [0.717, 1.165) is 0 Å². The highest BCUT2D eigenvalue weighted by Gasteiger charge is 2.22. The molecule has 2 amide bonds. The Labute approximate surface area is 148 Å². The van der Waals surface area contributed by atoms with E-state index in [1.807, 2.05) is 0 Å². The molecule has 0 spiro atoms. The monoisotopic (exact) mass is 353 g/mol. The number of benzene rings is 2. The summed E-state index contributed by atoms with van der Waals surface area (Å²) >= 11 is 0. The summed E-state index contributed by atoms with van der Waals surface area (Å²) in [5.74, 6) is -0.853. The molecule has 0 aliphatic rings. The summed E-state index contributed by atoms with van der Waals surface area (Å²) in [5, 5.41) is 16.6. The molecule has 0 unspecified atom stereocenters. The van der Waals surface area contributed by atoms with Gasteiger partial charge < -0.3 is 15.1 Å². The molecule has 0 saturated heterocycles. The van der Waals surface area contributed by atoms with E-state index in [1.54, 1.807) is 31.2 Å². The number of carbonyl (C=O) groups excluding carboxylic acids is 2. The van der Waals surface area contributed by atoms with Crippen LogP contribution in [0, 0.1) is 10.1 Å². The van der Waals surface area contributed by atoms with Crippen molar-refractivity contribution < 1.29 is 18.9 Å². The van der Waals surface area contributed by atoms with E-state index in [9.17, 15) is 19.7 Å². The highest BCUT2D eigenvalue weighted by molar-refractivity contribution is 6.14. The highest BCUT2D eigenvalue weighted by atomic mass is 16.6. The van der Waals surface area contributed by atoms with Gasteiger partial charge in [-0.2, -0.15) is 0 Å². The van der Waals surface area contributed by atoms with Gasteiger partial charge in [-0.25, -0.2) is 0 Å². The van der Waals surface area contributed by atoms with Crippen LogP contribution in [-0.4, -0.2) is 16.7 Å². The number of nitrogens with zero attached hydrogens (tertiary/aromatic N) is 1. The summed E-state index contributed by atoms with van der Waals surface area (Å²) in [6.07, 6.45) is 0.253. The first-order valence-electron chi connectivity index (χ1n) is 7.86. The summed E-state index contributed by atoms with van der Waals surface area (Å²) in [4.78, 5) is 34.6. The number of hydrogen-bond donors (Lipinski definition) is 2. The Morgan fingerprint density at radius 3 is 2.42 bits per heavy atom. The molecule has 2 aromatic carbocycles. The molecule has 8 nitrogen and oxygen atoms in total. The van der Waals surface area contributed by atoms with Crippen LogP contribution in [-0.2, 0) is 4.79 Å². The molecule has 0 saturated carbocycles. The van der Waals surface area contributed by atoms with Crippen molar-refractivity contribution in [1.82, 2.24) is 0 Å². The number of rotatable bonds is 5. The Bertz CT molecular complexity index is 992. The fourth-order valence-electron chi connectivity index (χ4n) is 2.41. The molecule has 0 fully saturated rings. The van der Waals surface area contributed by atoms with Crippen molar-refractivity contribution in [3.05, 3.63) is 64.4 Å². The second kappa shape index (κ2) is 7.06. The van der Waals surface area contributed by atoms with E-state index in [2.05, 4.69) is 10.6 Å². The van der Waals surface area contributed by atoms with Crippen molar-refractivity contribution in [1.29, 1.82) is 0 Å². The van der Waals surface area contributed by atoms with Crippen LogP contribution in [0.25, 0.3) is 11.0 Å². The molecule has 3 aromatic rings. The van der Waals surface area contributed by atoms with Gasteiger partial charge in [-0.1, -0.05) is 19.1 Å². The van der Waals surface area contributed by atoms with Gasteiger partial charge >= 0.3 is 0 Å². The Hall–Kier alpha value is -3.68. The molecule has 26 heavy (non-hydrogen) atoms. The lowest BCUT2D eigenvalue weighted by Crippen LogP contribution is -2.16. The summed E-state index contributed by atoms with van der Waals surface area (Å²) in [5.41, 5.74) is 1.05. The summed E-state index contributed by atoms with van der Waals surface area (Å²) in [6, 6.07) is 12.4. The fraction of sp³-hybridized carbons (Fsp3) is 0.111. The van der Waals surface area contributed by atoms with Gasteiger partial charge in [-0.05, 0) is 24.3 Å². The predicted octanol–water partition coefficient (Wildman–Crippen LogP) is 3.94. The molecule has 2 N–H and O–H groups in total. The van der Waals surface area contributed by atoms with Crippen LogP contribution < -0.4 is 10.6 Å². The number of amides is 2. The second-order valence-corrected chi connectivity index (χ2v) is 5.46. The maximum Gasteiger partial charge on any atom is 0.293 e. The summed E-state index contributed by atoms with van der Waals surface area (Å²) in [7, 11) is 0. The molecule has 132 valence electrons. The lowest BCUT2D eigenvalue weighted by molar-refractivity contribution is -0.384. The second-order valence-electron chi connectivity index (χ2n) is 5.46. The minimum atomic E-state index is -0.568. The van der Waals surface area contributed by atoms with Crippen LogP contribution in [0.3, 0.4) is 0 Å². The van der Waals surface area contributed by atoms with E-state index in [0.29, 0.717) is 22.3 Å². The highest BCUT2D eigenvalue weighted by Crippen LogP contribution is 2.31. The quantitative estimate of drug-likeness (QED) is 0.532. The number of nitro groups is 1. The number of hydrogen-bond acceptors (Lipinski definition) is 5. The molecule has 8 heteroatoms. The van der Waals surface area contributed by atoms with Gasteiger partial charge in [-0.15, -0.1) is 0 Å². The molecule has 1 aromatic heterocycles. The number of furan rings is 1. The molecule has 0 radical (unpaired) electrons. The number of carbonyl (C=O) groups is 2. The van der Waals surface area contributed by atoms with E-state index in [4.69, 9.17) is 4.42 Å². The van der Waals surface area contributed by atoms with Gasteiger partial charge in [0.1, 0.15) is 11.3 Å². The van der Waals surface area contributed by atoms with Gasteiger partial charge in [0.15, 0.2) is 0 Å². The Balaban J connectivity index is 1.93. The molecule has 0 bridgehead atoms. The van der Waals surface area contributed by atoms with Crippen molar-refractivity contribution in [3.63, 3.8) is 0 Å². The number of nitro benzene ring substituents is 1. The van der Waals surface area contributed by atoms with Crippen LogP contribution in [0.2, 0.25) is 0 Å². The normalized spacial score (nSPS) is 10.5. The van der Waals surface area contributed by atoms with Crippen LogP contribution in [0.4, 0.5) is 17.1 Å². The summed E-state index contributed by atoms with van der Waals surface area (Å²) in [6.45, 7) is 1.70. The van der Waals surface area contributed by atoms with Crippen molar-refractivity contribution in [3.8, 4) is 0 Å². The number of nitrogens with one attached hydrogen (secondary N) is 2. The SMILES string of the molecule is CCC(=O)Nc1c(C(=O)Nc2ccc([N+](=O)[O-])cc2)oc2ccccc12. The largest absolute Gasteiger partial charge is 0.449 e. The first kappa shape index (κ1) is 17.2. The van der Waals surface area contributed by atoms with Gasteiger partial charge in [-0.3, -0.25) is 19.7 Å². The molecule has 3 rings (SSSR count). The Kier molecular flexibility index (Phi) is 4.66. The van der Waals surface area contributed by atoms with Crippen LogP contribution in [0.1, 0.15) is 23.9 Å². The van der Waals surface area contributed by atoms with Gasteiger partial charge in [0, 0.05) is 29.6 Å². The zero-order valence-corrected chi connectivity index (χ0v) is 13.8. The maximum atomic E-state index is 12.6. The third-order valence-electron chi connectivity index (χ3n) is 3.72. The van der Waals surface area contributed by atoms with Crippen molar-refractivity contribution in [2.45, 2.75) is 13.3 Å². The average molecular weight is 353 g/mol. The van der Waals surface area contributed by atoms with Crippen LogP contribution in [0.15, 0.2) is 52.9 Å². The smallest absolute Gasteiger partial charge is 0.293 e. The third-order valence-corrected chi connectivity index (χ3v) is 3.72. The van der Waals surface area contributed by atoms with Crippen molar-refractivity contribution in [2.75, 3.05) is 10.6 Å². The average Bonchev–Trinajstić information content (AvgIpc) is 3.00. The molecular formula is C18H15N3O5. The van der Waals surface area contributed by atoms with Gasteiger partial charge in [0.05, 0.1) is 4.92 Å². The first-order valence-corrected chi connectivity index (χ1v) is 7.86. The molecule has 0 aliphatic carbocycles. The predicted molar refractivity (Wildman–Crippen MR) is 96.2 cm³/mol. The lowest BCUT2D eigenvalue weighted by atomic mass is 10.2. The molecule has 0 atom stereocenters. The third kappa shape index (κ3) is 3.39. The number of fused-ring (bicyclic) bond motifs is 1. The van der Waals surface area contributed by atoms with Gasteiger partial charge in [0.25, 0.3) is 11.6 Å². The van der Waals surface area contributed by atoms with Gasteiger partial charge in [0.2, 0.25) is 11.7 Å². The molecule has 1 heterocycles. The van der Waals surface area contributed by atoms with Crippen molar-refractivity contribution in [2.24, 2.45) is 0 Å². The Morgan fingerprint density at radius 2 is 1.77 bits per heavy atom. The van der Waals surface area contributed by atoms with E-state index >= 15 is 0 Å². The lowest BCUT2D eigenvalue weighted by Gasteiger charge is -2.06. The minimum absolute atomic E-state index is 0.0358. The minimum Gasteiger partial charge on any atom is -0.449 e. The van der Waals surface area contributed by atoms with Crippen molar-refractivity contribution >= 4 is 39.8 Å². The maximum absolute atomic E-state index is 12.6. The molecular weight excluding hydrogens is 338 g/mol. The fourth-order valence-corrected chi connectivity index (χ4v) is 2.41. The topological polar surface area (TPSA) is 114 Å². The van der Waals surface area contributed by atoms with E-state index < -0.39 is 10.8 Å². The standard InChI is InChI=1S/C18H15N3O5/c1-2-15(22)20-16-13-5-3-4-6-14(13)26-17(16)18(23)19-11-7-9-12(10-8-11)21(24)25/h3-10H,2H2,1H3,(H,19,23)(H,20,22). The van der Waals surface area contributed by atoms with E-state index in [-0.39, 0.29) is 23.8 Å². The zero-order valence-electron chi connectivity index (χ0n) is 13.8. The first-order chi connectivity index (χ1) is 12.5. The zero-order chi connectivity index (χ0) is 18.7. The summed E-state index contributed by atoms with van der Waals surface area (Å²) < 4.78 is 5.61. The van der Waals surface area contributed by atoms with Crippen LogP contribution >= 0.6 is 0 Å². The number of anilines is 2. The van der Waals surface area contributed by atoms with E-state index in [1.165, 1.54) is 24.3 Å². The number of para-hydroxylation sites is 1. The Morgan fingerprint density at radius 1 is 1.08 bits per heavy atom. The number of non-ortho nitro benzene ring substituents is 1. The molecule has 0 aliphatic heterocycles.